The molecule has 1 aromatic carbocycles. The minimum Gasteiger partial charge on any atom is -0.330 e. The van der Waals surface area contributed by atoms with Gasteiger partial charge in [0.15, 0.2) is 0 Å². The molecule has 84 valence electrons. The molecule has 2 rings (SSSR count). The van der Waals surface area contributed by atoms with E-state index >= 15 is 0 Å². The fourth-order valence-corrected chi connectivity index (χ4v) is 2.68. The van der Waals surface area contributed by atoms with Gasteiger partial charge in [-0.2, -0.15) is 0 Å². The van der Waals surface area contributed by atoms with E-state index in [0.29, 0.717) is 0 Å². The average Bonchev–Trinajstić information content (AvgIpc) is 2.43. The second kappa shape index (κ2) is 4.06. The van der Waals surface area contributed by atoms with Crippen molar-refractivity contribution in [3.63, 3.8) is 0 Å². The van der Waals surface area contributed by atoms with Crippen molar-refractivity contribution in [2.75, 3.05) is 0 Å². The van der Waals surface area contributed by atoms with Gasteiger partial charge in [-0.25, -0.2) is 4.98 Å². The van der Waals surface area contributed by atoms with Crippen molar-refractivity contribution in [2.45, 2.75) is 20.8 Å². The highest BCUT2D eigenvalue weighted by molar-refractivity contribution is 9.10. The quantitative estimate of drug-likeness (QED) is 0.777. The van der Waals surface area contributed by atoms with Crippen molar-refractivity contribution in [1.82, 2.24) is 9.55 Å². The second-order valence-corrected chi connectivity index (χ2v) is 4.93. The van der Waals surface area contributed by atoms with Crippen LogP contribution in [-0.2, 0) is 7.05 Å². The lowest BCUT2D eigenvalue weighted by Gasteiger charge is -2.09. The topological polar surface area (TPSA) is 17.8 Å². The van der Waals surface area contributed by atoms with E-state index in [1.165, 1.54) is 16.7 Å². The zero-order valence-electron chi connectivity index (χ0n) is 10.0. The first-order valence-corrected chi connectivity index (χ1v) is 6.06. The van der Waals surface area contributed by atoms with Gasteiger partial charge in [-0.3, -0.25) is 0 Å². The lowest BCUT2D eigenvalue weighted by Crippen LogP contribution is -1.96. The molecule has 0 N–H and O–H groups in total. The zero-order valence-corrected chi connectivity index (χ0v) is 11.6. The van der Waals surface area contributed by atoms with E-state index in [0.717, 1.165) is 16.1 Å². The molecular formula is C13H15BrN2. The summed E-state index contributed by atoms with van der Waals surface area (Å²) < 4.78 is 3.03. The number of hydrogen-bond donors (Lipinski definition) is 0. The Balaban J connectivity index is 2.67. The van der Waals surface area contributed by atoms with E-state index in [4.69, 9.17) is 0 Å². The standard InChI is InChI=1S/C13H15BrN2/c1-8-5-6-11(9(2)7-8)12-13(14)15-10(3)16(12)4/h5-7H,1-4H3. The first-order chi connectivity index (χ1) is 7.50. The van der Waals surface area contributed by atoms with Gasteiger partial charge in [0.2, 0.25) is 0 Å². The molecule has 3 heteroatoms. The molecule has 1 heterocycles. The van der Waals surface area contributed by atoms with Gasteiger partial charge in [-0.1, -0.05) is 23.8 Å². The molecule has 0 fully saturated rings. The van der Waals surface area contributed by atoms with Gasteiger partial charge < -0.3 is 4.57 Å². The van der Waals surface area contributed by atoms with E-state index < -0.39 is 0 Å². The molecule has 1 aromatic heterocycles. The highest BCUT2D eigenvalue weighted by Crippen LogP contribution is 2.30. The van der Waals surface area contributed by atoms with E-state index in [1.807, 2.05) is 14.0 Å². The molecule has 0 unspecified atom stereocenters. The maximum atomic E-state index is 4.43. The van der Waals surface area contributed by atoms with Crippen molar-refractivity contribution in [1.29, 1.82) is 0 Å². The number of nitrogens with zero attached hydrogens (tertiary/aromatic N) is 2. The van der Waals surface area contributed by atoms with Gasteiger partial charge in [0.25, 0.3) is 0 Å². The molecule has 0 aliphatic rings. The molecule has 2 aromatic rings. The monoisotopic (exact) mass is 278 g/mol. The average molecular weight is 279 g/mol. The Hall–Kier alpha value is -1.09. The predicted molar refractivity (Wildman–Crippen MR) is 70.6 cm³/mol. The summed E-state index contributed by atoms with van der Waals surface area (Å²) in [6.07, 6.45) is 0. The molecule has 0 radical (unpaired) electrons. The molecule has 0 saturated heterocycles. The Kier molecular flexibility index (Phi) is 2.89. The Morgan fingerprint density at radius 2 is 1.88 bits per heavy atom. The van der Waals surface area contributed by atoms with Crippen molar-refractivity contribution >= 4 is 15.9 Å². The van der Waals surface area contributed by atoms with Crippen LogP contribution in [0.15, 0.2) is 22.8 Å². The van der Waals surface area contributed by atoms with E-state index in [-0.39, 0.29) is 0 Å². The van der Waals surface area contributed by atoms with Crippen LogP contribution in [0.25, 0.3) is 11.3 Å². The first kappa shape index (κ1) is 11.4. The lowest BCUT2D eigenvalue weighted by atomic mass is 10.0. The van der Waals surface area contributed by atoms with Crippen molar-refractivity contribution < 1.29 is 0 Å². The van der Waals surface area contributed by atoms with Crippen LogP contribution in [0.2, 0.25) is 0 Å². The number of benzene rings is 1. The van der Waals surface area contributed by atoms with Gasteiger partial charge in [-0.15, -0.1) is 0 Å². The van der Waals surface area contributed by atoms with Gasteiger partial charge in [0, 0.05) is 12.6 Å². The van der Waals surface area contributed by atoms with Crippen LogP contribution in [0, 0.1) is 20.8 Å². The van der Waals surface area contributed by atoms with Gasteiger partial charge in [0.1, 0.15) is 10.4 Å². The first-order valence-electron chi connectivity index (χ1n) is 5.27. The minimum atomic E-state index is 0.916. The molecule has 0 spiro atoms. The van der Waals surface area contributed by atoms with Gasteiger partial charge in [-0.05, 0) is 42.3 Å². The smallest absolute Gasteiger partial charge is 0.132 e. The van der Waals surface area contributed by atoms with Crippen molar-refractivity contribution in [2.24, 2.45) is 7.05 Å². The number of hydrogen-bond acceptors (Lipinski definition) is 1. The summed E-state index contributed by atoms with van der Waals surface area (Å²) in [5.41, 5.74) is 4.95. The summed E-state index contributed by atoms with van der Waals surface area (Å²) in [4.78, 5) is 4.43. The van der Waals surface area contributed by atoms with Crippen LogP contribution >= 0.6 is 15.9 Å². The normalized spacial score (nSPS) is 10.8. The molecule has 0 atom stereocenters. The third kappa shape index (κ3) is 1.80. The second-order valence-electron chi connectivity index (χ2n) is 4.18. The fraction of sp³-hybridized carbons (Fsp3) is 0.308. The maximum absolute atomic E-state index is 4.43. The Labute approximate surface area is 104 Å². The third-order valence-electron chi connectivity index (χ3n) is 2.91. The third-order valence-corrected chi connectivity index (χ3v) is 3.47. The molecule has 0 aliphatic heterocycles. The summed E-state index contributed by atoms with van der Waals surface area (Å²) in [6, 6.07) is 6.49. The highest BCUT2D eigenvalue weighted by Gasteiger charge is 2.13. The number of aryl methyl sites for hydroxylation is 3. The van der Waals surface area contributed by atoms with Crippen LogP contribution in [0.4, 0.5) is 0 Å². The molecule has 0 bridgehead atoms. The number of aromatic nitrogens is 2. The Bertz CT molecular complexity index is 541. The van der Waals surface area contributed by atoms with Gasteiger partial charge in [0.05, 0.1) is 5.69 Å². The minimum absolute atomic E-state index is 0.916. The summed E-state index contributed by atoms with van der Waals surface area (Å²) in [5, 5.41) is 0. The molecule has 0 saturated carbocycles. The highest BCUT2D eigenvalue weighted by atomic mass is 79.9. The number of halogens is 1. The SMILES string of the molecule is Cc1ccc(-c2c(Br)nc(C)n2C)c(C)c1. The van der Waals surface area contributed by atoms with E-state index in [9.17, 15) is 0 Å². The summed E-state index contributed by atoms with van der Waals surface area (Å²) in [7, 11) is 2.04. The molecule has 0 amide bonds. The van der Waals surface area contributed by atoms with Crippen LogP contribution in [0.5, 0.6) is 0 Å². The molecule has 0 aliphatic carbocycles. The number of rotatable bonds is 1. The van der Waals surface area contributed by atoms with Crippen molar-refractivity contribution in [3.8, 4) is 11.3 Å². The van der Waals surface area contributed by atoms with Gasteiger partial charge >= 0.3 is 0 Å². The summed E-state index contributed by atoms with van der Waals surface area (Å²) >= 11 is 3.53. The van der Waals surface area contributed by atoms with Crippen LogP contribution in [0.3, 0.4) is 0 Å². The fourth-order valence-electron chi connectivity index (χ4n) is 1.94. The van der Waals surface area contributed by atoms with Crippen molar-refractivity contribution in [3.05, 3.63) is 39.8 Å². The lowest BCUT2D eigenvalue weighted by molar-refractivity contribution is 0.864. The largest absolute Gasteiger partial charge is 0.330 e. The predicted octanol–water partition coefficient (Wildman–Crippen LogP) is 3.77. The Morgan fingerprint density at radius 1 is 1.19 bits per heavy atom. The van der Waals surface area contributed by atoms with Crippen LogP contribution < -0.4 is 0 Å². The van der Waals surface area contributed by atoms with E-state index in [1.54, 1.807) is 0 Å². The molecular weight excluding hydrogens is 264 g/mol. The Morgan fingerprint density at radius 3 is 2.38 bits per heavy atom. The summed E-state index contributed by atoms with van der Waals surface area (Å²) in [6.45, 7) is 6.26. The van der Waals surface area contributed by atoms with E-state index in [2.05, 4.69) is 57.5 Å². The zero-order chi connectivity index (χ0) is 11.9. The van der Waals surface area contributed by atoms with Crippen LogP contribution in [-0.4, -0.2) is 9.55 Å². The number of imidazole rings is 1. The molecule has 2 nitrogen and oxygen atoms in total. The van der Waals surface area contributed by atoms with Crippen LogP contribution in [0.1, 0.15) is 17.0 Å². The maximum Gasteiger partial charge on any atom is 0.132 e. The molecule has 16 heavy (non-hydrogen) atoms. The summed E-state index contributed by atoms with van der Waals surface area (Å²) in [5.74, 6) is 1.02.